The van der Waals surface area contributed by atoms with E-state index in [1.165, 1.54) is 4.88 Å². The van der Waals surface area contributed by atoms with Crippen molar-refractivity contribution in [2.45, 2.75) is 32.2 Å². The Morgan fingerprint density at radius 3 is 2.81 bits per heavy atom. The molecule has 0 unspecified atom stereocenters. The number of nitrogens with one attached hydrogen (secondary N) is 1. The molecule has 0 radical (unpaired) electrons. The van der Waals surface area contributed by atoms with Crippen LogP contribution in [0.1, 0.15) is 25.1 Å². The van der Waals surface area contributed by atoms with Gasteiger partial charge in [-0.2, -0.15) is 0 Å². The zero-order valence-electron chi connectivity index (χ0n) is 9.55. The fourth-order valence-electron chi connectivity index (χ4n) is 1.29. The summed E-state index contributed by atoms with van der Waals surface area (Å²) in [6, 6.07) is 2.07. The number of carbonyl (C=O) groups is 1. The molecular weight excluding hydrogens is 288 g/mol. The van der Waals surface area contributed by atoms with Crippen LogP contribution >= 0.6 is 27.3 Å². The van der Waals surface area contributed by atoms with E-state index >= 15 is 0 Å². The molecule has 3 nitrogen and oxygen atoms in total. The van der Waals surface area contributed by atoms with Gasteiger partial charge in [0.25, 0.3) is 0 Å². The van der Waals surface area contributed by atoms with E-state index in [9.17, 15) is 4.79 Å². The molecule has 3 N–H and O–H groups in total. The van der Waals surface area contributed by atoms with Crippen molar-refractivity contribution < 1.29 is 4.79 Å². The lowest BCUT2D eigenvalue weighted by Gasteiger charge is -2.17. The molecule has 0 saturated heterocycles. The van der Waals surface area contributed by atoms with E-state index in [4.69, 9.17) is 5.73 Å². The highest BCUT2D eigenvalue weighted by molar-refractivity contribution is 9.10. The number of rotatable bonds is 5. The number of hydrogen-bond acceptors (Lipinski definition) is 3. The summed E-state index contributed by atoms with van der Waals surface area (Å²) in [5, 5.41) is 4.91. The number of halogens is 1. The molecule has 1 aromatic rings. The van der Waals surface area contributed by atoms with Crippen molar-refractivity contribution in [1.29, 1.82) is 0 Å². The minimum atomic E-state index is -0.434. The third-order valence-electron chi connectivity index (χ3n) is 1.93. The first-order valence-corrected chi connectivity index (χ1v) is 6.82. The normalized spacial score (nSPS) is 11.5. The van der Waals surface area contributed by atoms with Gasteiger partial charge in [0.05, 0.1) is 0 Å². The number of thiophene rings is 1. The standard InChI is InChI=1S/C11H17BrN2OS/c1-11(2,13)6-10(15)14-4-3-9-5-8(12)7-16-9/h5,7H,3-4,6,13H2,1-2H3,(H,14,15). The maximum atomic E-state index is 11.5. The van der Waals surface area contributed by atoms with Crippen LogP contribution in [0.5, 0.6) is 0 Å². The predicted molar refractivity (Wildman–Crippen MR) is 71.6 cm³/mol. The molecule has 0 atom stereocenters. The van der Waals surface area contributed by atoms with Gasteiger partial charge in [0, 0.05) is 33.2 Å². The van der Waals surface area contributed by atoms with E-state index < -0.39 is 5.54 Å². The van der Waals surface area contributed by atoms with Gasteiger partial charge in [-0.15, -0.1) is 11.3 Å². The van der Waals surface area contributed by atoms with Crippen LogP contribution in [0.2, 0.25) is 0 Å². The van der Waals surface area contributed by atoms with Gasteiger partial charge in [-0.05, 0) is 42.3 Å². The van der Waals surface area contributed by atoms with Gasteiger partial charge in [0.1, 0.15) is 0 Å². The third-order valence-corrected chi connectivity index (χ3v) is 3.69. The van der Waals surface area contributed by atoms with Gasteiger partial charge in [-0.1, -0.05) is 0 Å². The average molecular weight is 305 g/mol. The molecule has 0 aliphatic carbocycles. The van der Waals surface area contributed by atoms with Crippen LogP contribution in [0.25, 0.3) is 0 Å². The Kier molecular flexibility index (Phi) is 4.95. The van der Waals surface area contributed by atoms with Crippen LogP contribution in [0.4, 0.5) is 0 Å². The van der Waals surface area contributed by atoms with Gasteiger partial charge in [-0.25, -0.2) is 0 Å². The van der Waals surface area contributed by atoms with E-state index in [-0.39, 0.29) is 5.91 Å². The minimum absolute atomic E-state index is 0.0168. The zero-order valence-corrected chi connectivity index (χ0v) is 12.0. The molecule has 1 amide bonds. The summed E-state index contributed by atoms with van der Waals surface area (Å²) >= 11 is 5.09. The van der Waals surface area contributed by atoms with Crippen LogP contribution in [-0.4, -0.2) is 18.0 Å². The van der Waals surface area contributed by atoms with Crippen molar-refractivity contribution in [2.24, 2.45) is 5.73 Å². The summed E-state index contributed by atoms with van der Waals surface area (Å²) in [5.74, 6) is 0.0168. The van der Waals surface area contributed by atoms with E-state index in [0.717, 1.165) is 10.9 Å². The van der Waals surface area contributed by atoms with Crippen molar-refractivity contribution in [3.8, 4) is 0 Å². The fraction of sp³-hybridized carbons (Fsp3) is 0.545. The molecule has 0 aliphatic rings. The molecule has 0 saturated carbocycles. The lowest BCUT2D eigenvalue weighted by atomic mass is 10.0. The Morgan fingerprint density at radius 1 is 1.62 bits per heavy atom. The van der Waals surface area contributed by atoms with Crippen LogP contribution in [-0.2, 0) is 11.2 Å². The van der Waals surface area contributed by atoms with Crippen molar-refractivity contribution in [3.05, 3.63) is 20.8 Å². The molecule has 1 heterocycles. The Hall–Kier alpha value is -0.390. The Morgan fingerprint density at radius 2 is 2.31 bits per heavy atom. The highest BCUT2D eigenvalue weighted by atomic mass is 79.9. The highest BCUT2D eigenvalue weighted by Crippen LogP contribution is 2.19. The third kappa shape index (κ3) is 5.63. The quantitative estimate of drug-likeness (QED) is 0.877. The van der Waals surface area contributed by atoms with Gasteiger partial charge < -0.3 is 11.1 Å². The molecule has 0 fully saturated rings. The maximum Gasteiger partial charge on any atom is 0.221 e. The van der Waals surface area contributed by atoms with Crippen molar-refractivity contribution in [1.82, 2.24) is 5.32 Å². The molecule has 90 valence electrons. The Balaban J connectivity index is 2.23. The first kappa shape index (κ1) is 13.7. The molecule has 16 heavy (non-hydrogen) atoms. The number of hydrogen-bond donors (Lipinski definition) is 2. The second-order valence-corrected chi connectivity index (χ2v) is 6.41. The monoisotopic (exact) mass is 304 g/mol. The van der Waals surface area contributed by atoms with E-state index in [1.807, 2.05) is 19.2 Å². The van der Waals surface area contributed by atoms with Crippen LogP contribution < -0.4 is 11.1 Å². The van der Waals surface area contributed by atoms with Crippen LogP contribution in [0.3, 0.4) is 0 Å². The summed E-state index contributed by atoms with van der Waals surface area (Å²) in [7, 11) is 0. The lowest BCUT2D eigenvalue weighted by molar-refractivity contribution is -0.121. The summed E-state index contributed by atoms with van der Waals surface area (Å²) in [6.45, 7) is 4.37. The number of carbonyl (C=O) groups excluding carboxylic acids is 1. The molecular formula is C11H17BrN2OS. The SMILES string of the molecule is CC(C)(N)CC(=O)NCCc1cc(Br)cs1. The number of amides is 1. The van der Waals surface area contributed by atoms with Crippen molar-refractivity contribution in [3.63, 3.8) is 0 Å². The van der Waals surface area contributed by atoms with Crippen LogP contribution in [0.15, 0.2) is 15.9 Å². The second-order valence-electron chi connectivity index (χ2n) is 4.50. The topological polar surface area (TPSA) is 55.1 Å². The Labute approximate surface area is 109 Å². The van der Waals surface area contributed by atoms with E-state index in [1.54, 1.807) is 11.3 Å². The first-order valence-electron chi connectivity index (χ1n) is 5.15. The molecule has 5 heteroatoms. The molecule has 1 aromatic heterocycles. The number of nitrogens with two attached hydrogens (primary N) is 1. The largest absolute Gasteiger partial charge is 0.356 e. The van der Waals surface area contributed by atoms with Gasteiger partial charge >= 0.3 is 0 Å². The van der Waals surface area contributed by atoms with Crippen molar-refractivity contribution >= 4 is 33.2 Å². The molecule has 0 spiro atoms. The summed E-state index contributed by atoms with van der Waals surface area (Å²) in [6.07, 6.45) is 1.23. The maximum absolute atomic E-state index is 11.5. The zero-order chi connectivity index (χ0) is 12.2. The Bertz CT molecular complexity index is 357. The van der Waals surface area contributed by atoms with E-state index in [2.05, 4.69) is 27.3 Å². The van der Waals surface area contributed by atoms with Gasteiger partial charge in [0.15, 0.2) is 0 Å². The molecule has 0 aromatic carbocycles. The van der Waals surface area contributed by atoms with E-state index in [0.29, 0.717) is 13.0 Å². The van der Waals surface area contributed by atoms with Gasteiger partial charge in [0.2, 0.25) is 5.91 Å². The summed E-state index contributed by atoms with van der Waals surface area (Å²) in [4.78, 5) is 12.7. The second kappa shape index (κ2) is 5.80. The minimum Gasteiger partial charge on any atom is -0.356 e. The molecule has 0 aliphatic heterocycles. The molecule has 1 rings (SSSR count). The smallest absolute Gasteiger partial charge is 0.221 e. The highest BCUT2D eigenvalue weighted by Gasteiger charge is 2.15. The first-order chi connectivity index (χ1) is 7.37. The van der Waals surface area contributed by atoms with Crippen molar-refractivity contribution in [2.75, 3.05) is 6.54 Å². The summed E-state index contributed by atoms with van der Waals surface area (Å²) in [5.41, 5.74) is 5.32. The predicted octanol–water partition coefficient (Wildman–Crippen LogP) is 2.30. The van der Waals surface area contributed by atoms with Gasteiger partial charge in [-0.3, -0.25) is 4.79 Å². The van der Waals surface area contributed by atoms with Crippen LogP contribution in [0, 0.1) is 0 Å². The molecule has 0 bridgehead atoms. The fourth-order valence-corrected chi connectivity index (χ4v) is 2.74. The lowest BCUT2D eigenvalue weighted by Crippen LogP contribution is -2.39. The summed E-state index contributed by atoms with van der Waals surface area (Å²) < 4.78 is 1.10. The average Bonchev–Trinajstić information content (AvgIpc) is 2.48.